The van der Waals surface area contributed by atoms with E-state index in [2.05, 4.69) is 30.9 Å². The molecular formula is C11H17N7O. The molecule has 0 atom stereocenters. The predicted octanol–water partition coefficient (Wildman–Crippen LogP) is 1.19. The number of hydrogen-bond acceptors (Lipinski definition) is 8. The lowest BCUT2D eigenvalue weighted by Crippen LogP contribution is -2.13. The van der Waals surface area contributed by atoms with E-state index in [0.717, 1.165) is 0 Å². The van der Waals surface area contributed by atoms with Gasteiger partial charge in [0.25, 0.3) is 0 Å². The van der Waals surface area contributed by atoms with Gasteiger partial charge in [-0.05, 0) is 6.92 Å². The van der Waals surface area contributed by atoms with Crippen molar-refractivity contribution in [3.05, 3.63) is 23.6 Å². The first-order valence-corrected chi connectivity index (χ1v) is 5.97. The zero-order chi connectivity index (χ0) is 13.8. The Morgan fingerprint density at radius 1 is 1.26 bits per heavy atom. The zero-order valence-electron chi connectivity index (χ0n) is 11.1. The molecule has 0 saturated heterocycles. The van der Waals surface area contributed by atoms with Crippen molar-refractivity contribution in [2.75, 3.05) is 10.7 Å². The van der Waals surface area contributed by atoms with Crippen molar-refractivity contribution in [3.8, 4) is 0 Å². The molecule has 0 saturated carbocycles. The summed E-state index contributed by atoms with van der Waals surface area (Å²) in [5, 5.41) is 6.82. The van der Waals surface area contributed by atoms with E-state index in [1.807, 2.05) is 13.8 Å². The average molecular weight is 263 g/mol. The summed E-state index contributed by atoms with van der Waals surface area (Å²) >= 11 is 0. The van der Waals surface area contributed by atoms with Crippen molar-refractivity contribution in [1.82, 2.24) is 20.1 Å². The maximum absolute atomic E-state index is 5.39. The monoisotopic (exact) mass is 263 g/mol. The van der Waals surface area contributed by atoms with Crippen LogP contribution in [0.2, 0.25) is 0 Å². The fourth-order valence-corrected chi connectivity index (χ4v) is 1.47. The normalized spacial score (nSPS) is 10.8. The Kier molecular flexibility index (Phi) is 3.91. The molecule has 0 aromatic carbocycles. The van der Waals surface area contributed by atoms with Crippen molar-refractivity contribution in [2.45, 2.75) is 33.2 Å². The number of nitrogens with zero attached hydrogens (tertiary/aromatic N) is 4. The lowest BCUT2D eigenvalue weighted by Gasteiger charge is -2.10. The fourth-order valence-electron chi connectivity index (χ4n) is 1.47. The topological polar surface area (TPSA) is 115 Å². The number of nitrogens with two attached hydrogens (primary N) is 1. The molecule has 8 nitrogen and oxygen atoms in total. The van der Waals surface area contributed by atoms with E-state index in [1.165, 1.54) is 0 Å². The molecule has 0 radical (unpaired) electrons. The second-order valence-electron chi connectivity index (χ2n) is 4.38. The Labute approximate surface area is 110 Å². The van der Waals surface area contributed by atoms with E-state index >= 15 is 0 Å². The average Bonchev–Trinajstić information content (AvgIpc) is 2.81. The highest BCUT2D eigenvalue weighted by Gasteiger charge is 2.08. The summed E-state index contributed by atoms with van der Waals surface area (Å²) in [6, 6.07) is 1.72. The second kappa shape index (κ2) is 5.61. The maximum atomic E-state index is 5.39. The first-order chi connectivity index (χ1) is 9.08. The Balaban J connectivity index is 2.12. The first kappa shape index (κ1) is 13.2. The van der Waals surface area contributed by atoms with Crippen LogP contribution in [0.4, 0.5) is 11.6 Å². The van der Waals surface area contributed by atoms with Gasteiger partial charge >= 0.3 is 0 Å². The quantitative estimate of drug-likeness (QED) is 0.544. The van der Waals surface area contributed by atoms with Crippen molar-refractivity contribution in [2.24, 2.45) is 5.84 Å². The summed E-state index contributed by atoms with van der Waals surface area (Å²) < 4.78 is 5.01. The number of rotatable bonds is 5. The van der Waals surface area contributed by atoms with Gasteiger partial charge in [-0.25, -0.2) is 15.8 Å². The van der Waals surface area contributed by atoms with Crippen LogP contribution >= 0.6 is 0 Å². The molecular weight excluding hydrogens is 246 g/mol. The lowest BCUT2D eigenvalue weighted by molar-refractivity contribution is 0.379. The van der Waals surface area contributed by atoms with Crippen LogP contribution in [0.3, 0.4) is 0 Å². The minimum Gasteiger partial charge on any atom is -0.361 e. The Morgan fingerprint density at radius 2 is 2.00 bits per heavy atom. The van der Waals surface area contributed by atoms with Crippen LogP contribution in [-0.4, -0.2) is 20.1 Å². The molecule has 19 heavy (non-hydrogen) atoms. The molecule has 0 spiro atoms. The number of nitrogen functional groups attached to an aromatic ring is 1. The molecule has 0 unspecified atom stereocenters. The molecule has 2 aromatic rings. The number of aryl methyl sites for hydroxylation is 1. The zero-order valence-corrected chi connectivity index (χ0v) is 11.1. The number of hydrogen-bond donors (Lipinski definition) is 3. The highest BCUT2D eigenvalue weighted by molar-refractivity contribution is 5.47. The van der Waals surface area contributed by atoms with Crippen molar-refractivity contribution in [1.29, 1.82) is 0 Å². The van der Waals surface area contributed by atoms with Crippen LogP contribution in [0.25, 0.3) is 0 Å². The molecule has 2 aromatic heterocycles. The number of hydrazine groups is 1. The van der Waals surface area contributed by atoms with Gasteiger partial charge < -0.3 is 15.3 Å². The molecule has 0 aliphatic carbocycles. The first-order valence-electron chi connectivity index (χ1n) is 5.97. The largest absolute Gasteiger partial charge is 0.361 e. The Bertz CT molecular complexity index is 552. The van der Waals surface area contributed by atoms with E-state index in [-0.39, 0.29) is 5.92 Å². The van der Waals surface area contributed by atoms with Gasteiger partial charge in [-0.3, -0.25) is 0 Å². The fraction of sp³-hybridized carbons (Fsp3) is 0.455. The molecule has 0 amide bonds. The minimum absolute atomic E-state index is 0.208. The van der Waals surface area contributed by atoms with Crippen molar-refractivity contribution in [3.63, 3.8) is 0 Å². The second-order valence-corrected chi connectivity index (χ2v) is 4.38. The summed E-state index contributed by atoms with van der Waals surface area (Å²) in [6.45, 7) is 6.20. The smallest absolute Gasteiger partial charge is 0.245 e. The van der Waals surface area contributed by atoms with E-state index in [0.29, 0.717) is 35.7 Å². The molecule has 0 aliphatic heterocycles. The number of aromatic nitrogens is 4. The van der Waals surface area contributed by atoms with Gasteiger partial charge in [0.2, 0.25) is 5.89 Å². The van der Waals surface area contributed by atoms with E-state index in [4.69, 9.17) is 10.4 Å². The molecule has 4 N–H and O–H groups in total. The van der Waals surface area contributed by atoms with Gasteiger partial charge in [-0.15, -0.1) is 0 Å². The van der Waals surface area contributed by atoms with E-state index < -0.39 is 0 Å². The molecule has 0 bridgehead atoms. The predicted molar refractivity (Wildman–Crippen MR) is 70.3 cm³/mol. The van der Waals surface area contributed by atoms with E-state index in [9.17, 15) is 0 Å². The third-order valence-corrected chi connectivity index (χ3v) is 2.40. The van der Waals surface area contributed by atoms with Crippen LogP contribution in [0.15, 0.2) is 10.6 Å². The van der Waals surface area contributed by atoms with Crippen molar-refractivity contribution < 1.29 is 4.52 Å². The Morgan fingerprint density at radius 3 is 2.58 bits per heavy atom. The van der Waals surface area contributed by atoms with Crippen LogP contribution in [0, 0.1) is 6.92 Å². The van der Waals surface area contributed by atoms with Crippen LogP contribution in [0.1, 0.15) is 37.3 Å². The van der Waals surface area contributed by atoms with Crippen LogP contribution < -0.4 is 16.6 Å². The van der Waals surface area contributed by atoms with Gasteiger partial charge in [-0.2, -0.15) is 4.98 Å². The molecule has 102 valence electrons. The van der Waals surface area contributed by atoms with Gasteiger partial charge in [0.05, 0.1) is 6.54 Å². The van der Waals surface area contributed by atoms with Crippen LogP contribution in [0.5, 0.6) is 0 Å². The highest BCUT2D eigenvalue weighted by Crippen LogP contribution is 2.16. The summed E-state index contributed by atoms with van der Waals surface area (Å²) in [6.07, 6.45) is 0. The summed E-state index contributed by atoms with van der Waals surface area (Å²) in [4.78, 5) is 12.8. The van der Waals surface area contributed by atoms with Gasteiger partial charge in [0.15, 0.2) is 5.82 Å². The summed E-state index contributed by atoms with van der Waals surface area (Å²) in [5.74, 6) is 8.63. The summed E-state index contributed by atoms with van der Waals surface area (Å²) in [7, 11) is 0. The Hall–Kier alpha value is -2.22. The molecule has 2 heterocycles. The van der Waals surface area contributed by atoms with Gasteiger partial charge in [0, 0.05) is 12.0 Å². The van der Waals surface area contributed by atoms with Gasteiger partial charge in [0.1, 0.15) is 17.5 Å². The number of nitrogens with one attached hydrogen (secondary N) is 2. The molecule has 8 heteroatoms. The lowest BCUT2D eigenvalue weighted by atomic mass is 10.2. The minimum atomic E-state index is 0.208. The number of anilines is 2. The summed E-state index contributed by atoms with van der Waals surface area (Å²) in [5.41, 5.74) is 2.52. The highest BCUT2D eigenvalue weighted by atomic mass is 16.5. The van der Waals surface area contributed by atoms with Crippen LogP contribution in [-0.2, 0) is 6.54 Å². The molecule has 0 fully saturated rings. The van der Waals surface area contributed by atoms with Gasteiger partial charge in [-0.1, -0.05) is 19.0 Å². The van der Waals surface area contributed by atoms with E-state index in [1.54, 1.807) is 13.0 Å². The molecule has 2 rings (SSSR count). The molecule has 0 aliphatic rings. The third kappa shape index (κ3) is 3.38. The third-order valence-electron chi connectivity index (χ3n) is 2.40. The maximum Gasteiger partial charge on any atom is 0.245 e. The van der Waals surface area contributed by atoms with Crippen molar-refractivity contribution >= 4 is 11.6 Å². The standard InChI is InChI=1S/C11H17N7O/c1-6(2)11-15-8(4-9(16-11)17-12)13-5-10-14-7(3)18-19-10/h4,6H,5,12H2,1-3H3,(H2,13,15,16,17). The SMILES string of the molecule is Cc1noc(CNc2cc(NN)nc(C(C)C)n2)n1.